The van der Waals surface area contributed by atoms with Gasteiger partial charge in [-0.2, -0.15) is 0 Å². The third-order valence-corrected chi connectivity index (χ3v) is 6.13. The minimum atomic E-state index is 0.480. The van der Waals surface area contributed by atoms with Crippen LogP contribution in [0.5, 0.6) is 0 Å². The van der Waals surface area contributed by atoms with Crippen LogP contribution in [-0.2, 0) is 6.42 Å². The molecule has 1 saturated heterocycles. The summed E-state index contributed by atoms with van der Waals surface area (Å²) in [6.45, 7) is 1.99. The van der Waals surface area contributed by atoms with Crippen LogP contribution in [0, 0.1) is 18.9 Å². The maximum absolute atomic E-state index is 6.33. The molecule has 2 aromatic heterocycles. The molecule has 130 valence electrons. The lowest BCUT2D eigenvalue weighted by Gasteiger charge is -2.31. The Morgan fingerprint density at radius 1 is 1.19 bits per heavy atom. The molecule has 2 aliphatic rings. The monoisotopic (exact) mass is 361 g/mol. The number of rotatable bonds is 0. The Hall–Kier alpha value is -2.28. The van der Waals surface area contributed by atoms with E-state index >= 15 is 0 Å². The number of nitrogens with zero attached hydrogens (tertiary/aromatic N) is 3. The van der Waals surface area contributed by atoms with Crippen LogP contribution in [0.1, 0.15) is 41.4 Å². The predicted octanol–water partition coefficient (Wildman–Crippen LogP) is 4.55. The Balaban J connectivity index is 1.72. The van der Waals surface area contributed by atoms with Gasteiger partial charge in [-0.25, -0.2) is 0 Å². The van der Waals surface area contributed by atoms with Gasteiger partial charge in [0.2, 0.25) is 0 Å². The topological polar surface area (TPSA) is 21.1 Å². The van der Waals surface area contributed by atoms with E-state index in [0.717, 1.165) is 28.2 Å². The molecule has 3 aromatic rings. The molecule has 0 radical (unpaired) electrons. The third kappa shape index (κ3) is 2.37. The number of aromatic nitrogens is 2. The van der Waals surface area contributed by atoms with E-state index in [1.54, 1.807) is 0 Å². The lowest BCUT2D eigenvalue weighted by Crippen LogP contribution is -2.34. The predicted molar refractivity (Wildman–Crippen MR) is 105 cm³/mol. The van der Waals surface area contributed by atoms with Gasteiger partial charge < -0.3 is 0 Å². The van der Waals surface area contributed by atoms with Gasteiger partial charge in [0, 0.05) is 58.1 Å². The maximum Gasteiger partial charge on any atom is 0.0619 e. The summed E-state index contributed by atoms with van der Waals surface area (Å²) >= 11 is 6.33. The maximum atomic E-state index is 6.33. The summed E-state index contributed by atoms with van der Waals surface area (Å²) in [5.41, 5.74) is 5.90. The summed E-state index contributed by atoms with van der Waals surface area (Å²) in [6.07, 6.45) is 5.37. The first-order chi connectivity index (χ1) is 12.6. The molecule has 2 atom stereocenters. The second-order valence-electron chi connectivity index (χ2n) is 7.40. The average molecular weight is 362 g/mol. The number of hydrogen-bond donors (Lipinski definition) is 0. The molecule has 4 heteroatoms. The summed E-state index contributed by atoms with van der Waals surface area (Å²) < 4.78 is 2.19. The normalized spacial score (nSPS) is 21.5. The molecule has 1 fully saturated rings. The van der Waals surface area contributed by atoms with Gasteiger partial charge in [-0.1, -0.05) is 11.6 Å². The number of halogens is 1. The zero-order valence-corrected chi connectivity index (χ0v) is 15.7. The Morgan fingerprint density at radius 3 is 2.88 bits per heavy atom. The number of benzene rings is 1. The van der Waals surface area contributed by atoms with E-state index in [1.807, 2.05) is 31.3 Å². The van der Waals surface area contributed by atoms with Crippen LogP contribution in [0.3, 0.4) is 0 Å². The zero-order valence-electron chi connectivity index (χ0n) is 15.0. The molecule has 0 amide bonds. The van der Waals surface area contributed by atoms with Gasteiger partial charge >= 0.3 is 0 Å². The van der Waals surface area contributed by atoms with Crippen molar-refractivity contribution in [1.29, 1.82) is 0 Å². The van der Waals surface area contributed by atoms with Gasteiger partial charge in [-0.3, -0.25) is 14.5 Å². The molecule has 2 bridgehead atoms. The summed E-state index contributed by atoms with van der Waals surface area (Å²) in [5.74, 6) is 3.30. The highest BCUT2D eigenvalue weighted by atomic mass is 35.5. The van der Waals surface area contributed by atoms with Crippen molar-refractivity contribution in [3.63, 3.8) is 0 Å². The molecule has 3 nitrogen and oxygen atoms in total. The zero-order chi connectivity index (χ0) is 17.8. The van der Waals surface area contributed by atoms with Crippen molar-refractivity contribution in [2.75, 3.05) is 7.05 Å². The lowest BCUT2D eigenvalue weighted by atomic mass is 9.97. The fourth-order valence-electron chi connectivity index (χ4n) is 4.53. The molecule has 0 N–H and O–H groups in total. The molecule has 2 aliphatic heterocycles. The van der Waals surface area contributed by atoms with Gasteiger partial charge in [-0.05, 0) is 68.6 Å². The van der Waals surface area contributed by atoms with E-state index in [0.29, 0.717) is 12.1 Å². The fourth-order valence-corrected chi connectivity index (χ4v) is 4.70. The summed E-state index contributed by atoms with van der Waals surface area (Å²) in [7, 11) is 2.25. The Kier molecular flexibility index (Phi) is 3.60. The van der Waals surface area contributed by atoms with Crippen LogP contribution in [-0.4, -0.2) is 27.5 Å². The Bertz CT molecular complexity index is 1070. The number of fused-ring (bicyclic) bond motifs is 6. The fraction of sp³-hybridized carbons (Fsp3) is 0.318. The molecule has 0 spiro atoms. The standard InChI is InChI=1S/C22H20ClN3/c1-14-3-4-15(13-24-14)9-10-26-19-7-5-16(23)11-18(19)22-20-8-6-17(25(20)2)12-21(22)26/h3-5,7,11,13,17,20H,6,8,12H2,1-2H3. The quantitative estimate of drug-likeness (QED) is 0.548. The average Bonchev–Trinajstić information content (AvgIpc) is 3.04. The van der Waals surface area contributed by atoms with Crippen molar-refractivity contribution in [1.82, 2.24) is 14.5 Å². The first-order valence-electron chi connectivity index (χ1n) is 9.11. The van der Waals surface area contributed by atoms with Gasteiger partial charge in [0.25, 0.3) is 0 Å². The van der Waals surface area contributed by atoms with Crippen LogP contribution >= 0.6 is 11.6 Å². The van der Waals surface area contributed by atoms with Crippen LogP contribution < -0.4 is 0 Å². The van der Waals surface area contributed by atoms with E-state index in [4.69, 9.17) is 11.6 Å². The van der Waals surface area contributed by atoms with Crippen molar-refractivity contribution >= 4 is 22.5 Å². The highest BCUT2D eigenvalue weighted by Crippen LogP contribution is 2.46. The molecule has 5 rings (SSSR count). The molecule has 1 aromatic carbocycles. The van der Waals surface area contributed by atoms with Crippen molar-refractivity contribution < 1.29 is 0 Å². The number of pyridine rings is 1. The summed E-state index contributed by atoms with van der Waals surface area (Å²) in [4.78, 5) is 6.88. The molecule has 2 unspecified atom stereocenters. The first kappa shape index (κ1) is 15.9. The van der Waals surface area contributed by atoms with Gasteiger partial charge in [0.1, 0.15) is 0 Å². The van der Waals surface area contributed by atoms with Crippen LogP contribution in [0.15, 0.2) is 36.5 Å². The number of aryl methyl sites for hydroxylation is 1. The molecule has 26 heavy (non-hydrogen) atoms. The SMILES string of the molecule is Cc1ccc(C#Cn2c3c(c4cc(Cl)ccc42)C2CCC(C3)N2C)cn1. The number of likely N-dealkylation sites (N-methyl/N-ethyl adjacent to an activating group) is 1. The van der Waals surface area contributed by atoms with Crippen LogP contribution in [0.2, 0.25) is 5.02 Å². The van der Waals surface area contributed by atoms with Crippen molar-refractivity contribution in [3.05, 3.63) is 64.1 Å². The van der Waals surface area contributed by atoms with Crippen molar-refractivity contribution in [2.24, 2.45) is 0 Å². The first-order valence-corrected chi connectivity index (χ1v) is 9.49. The minimum Gasteiger partial charge on any atom is -0.296 e. The van der Waals surface area contributed by atoms with Crippen molar-refractivity contribution in [3.8, 4) is 12.0 Å². The highest BCUT2D eigenvalue weighted by molar-refractivity contribution is 6.31. The molecule has 4 heterocycles. The summed E-state index contributed by atoms with van der Waals surface area (Å²) in [5, 5.41) is 2.04. The third-order valence-electron chi connectivity index (χ3n) is 5.90. The number of hydrogen-bond acceptors (Lipinski definition) is 2. The summed E-state index contributed by atoms with van der Waals surface area (Å²) in [6, 6.07) is 14.7. The molecule has 0 aliphatic carbocycles. The smallest absolute Gasteiger partial charge is 0.0619 e. The molecular weight excluding hydrogens is 342 g/mol. The Labute approximate surface area is 158 Å². The second-order valence-corrected chi connectivity index (χ2v) is 7.84. The second kappa shape index (κ2) is 5.87. The Morgan fingerprint density at radius 2 is 2.08 bits per heavy atom. The molecular formula is C22H20ClN3. The van der Waals surface area contributed by atoms with E-state index in [9.17, 15) is 0 Å². The minimum absolute atomic E-state index is 0.480. The van der Waals surface area contributed by atoms with Gasteiger partial charge in [0.05, 0.1) is 5.52 Å². The van der Waals surface area contributed by atoms with Crippen LogP contribution in [0.4, 0.5) is 0 Å². The van der Waals surface area contributed by atoms with Crippen LogP contribution in [0.25, 0.3) is 10.9 Å². The van der Waals surface area contributed by atoms with E-state index in [-0.39, 0.29) is 0 Å². The largest absolute Gasteiger partial charge is 0.296 e. The van der Waals surface area contributed by atoms with E-state index in [1.165, 1.54) is 29.5 Å². The lowest BCUT2D eigenvalue weighted by molar-refractivity contribution is 0.223. The molecule has 0 saturated carbocycles. The van der Waals surface area contributed by atoms with Crippen molar-refractivity contribution in [2.45, 2.75) is 38.3 Å². The van der Waals surface area contributed by atoms with Gasteiger partial charge in [0.15, 0.2) is 0 Å². The van der Waals surface area contributed by atoms with E-state index < -0.39 is 0 Å². The van der Waals surface area contributed by atoms with E-state index in [2.05, 4.69) is 45.6 Å². The van der Waals surface area contributed by atoms with Gasteiger partial charge in [-0.15, -0.1) is 0 Å². The highest BCUT2D eigenvalue weighted by Gasteiger charge is 2.40.